The van der Waals surface area contributed by atoms with Gasteiger partial charge in [0.25, 0.3) is 11.6 Å². The van der Waals surface area contributed by atoms with Gasteiger partial charge in [0.15, 0.2) is 11.6 Å². The smallest absolute Gasteiger partial charge is 0.257 e. The van der Waals surface area contributed by atoms with Crippen LogP contribution in [0.4, 0.5) is 36.2 Å². The molecule has 0 amide bonds. The first-order valence-electron chi connectivity index (χ1n) is 15.2. The Labute approximate surface area is 277 Å². The zero-order valence-electron chi connectivity index (χ0n) is 26.8. The fourth-order valence-corrected chi connectivity index (χ4v) is 5.77. The molecule has 0 aliphatic carbocycles. The van der Waals surface area contributed by atoms with Gasteiger partial charge in [0.05, 0.1) is 17.6 Å². The molecule has 4 heterocycles. The van der Waals surface area contributed by atoms with Crippen molar-refractivity contribution in [2.75, 3.05) is 23.9 Å². The average Bonchev–Trinajstić information content (AvgIpc) is 3.69. The molecule has 246 valence electrons. The van der Waals surface area contributed by atoms with Gasteiger partial charge in [-0.2, -0.15) is 9.97 Å². The minimum absolute atomic E-state index is 0.224. The van der Waals surface area contributed by atoms with E-state index in [0.717, 1.165) is 23.5 Å². The van der Waals surface area contributed by atoms with Gasteiger partial charge in [0.1, 0.15) is 29.1 Å². The van der Waals surface area contributed by atoms with Gasteiger partial charge < -0.3 is 14.9 Å². The van der Waals surface area contributed by atoms with E-state index < -0.39 is 17.5 Å². The maximum Gasteiger partial charge on any atom is 0.257 e. The van der Waals surface area contributed by atoms with Gasteiger partial charge in [0.2, 0.25) is 0 Å². The summed E-state index contributed by atoms with van der Waals surface area (Å²) in [7, 11) is 3.69. The summed E-state index contributed by atoms with van der Waals surface area (Å²) in [5, 5.41) is 26.7. The van der Waals surface area contributed by atoms with Crippen molar-refractivity contribution in [2.24, 2.45) is 0 Å². The highest BCUT2D eigenvalue weighted by molar-refractivity contribution is 5.95. The Hall–Kier alpha value is -6.15. The number of benzene rings is 4. The van der Waals surface area contributed by atoms with Crippen molar-refractivity contribution in [3.63, 3.8) is 0 Å². The molecule has 0 spiro atoms. The number of para-hydroxylation sites is 2. The third-order valence-electron chi connectivity index (χ3n) is 8.29. The minimum atomic E-state index is -0.920. The summed E-state index contributed by atoms with van der Waals surface area (Å²) >= 11 is 0. The third kappa shape index (κ3) is 5.51. The number of aromatic nitrogens is 8. The van der Waals surface area contributed by atoms with Crippen LogP contribution in [-0.2, 0) is 6.61 Å². The monoisotopic (exact) mass is 662 g/mol. The van der Waals surface area contributed by atoms with Crippen LogP contribution in [-0.4, -0.2) is 58.4 Å². The molecule has 0 radical (unpaired) electrons. The Kier molecular flexibility index (Phi) is 8.00. The summed E-state index contributed by atoms with van der Waals surface area (Å²) in [4.78, 5) is 12.8. The molecule has 4 aromatic carbocycles. The van der Waals surface area contributed by atoms with Gasteiger partial charge in [-0.25, -0.2) is 13.2 Å². The Morgan fingerprint density at radius 3 is 1.49 bits per heavy atom. The fourth-order valence-electron chi connectivity index (χ4n) is 5.77. The predicted molar refractivity (Wildman–Crippen MR) is 181 cm³/mol. The summed E-state index contributed by atoms with van der Waals surface area (Å²) in [5.41, 5.74) is 3.19. The molecule has 4 aromatic heterocycles. The van der Waals surface area contributed by atoms with Crippen molar-refractivity contribution >= 4 is 56.4 Å². The van der Waals surface area contributed by atoms with Crippen molar-refractivity contribution in [1.29, 1.82) is 0 Å². The topological polar surface area (TPSA) is 113 Å². The highest BCUT2D eigenvalue weighted by Crippen LogP contribution is 2.33. The Morgan fingerprint density at radius 1 is 0.592 bits per heavy atom. The molecule has 11 nitrogen and oxygen atoms in total. The molecule has 0 saturated heterocycles. The van der Waals surface area contributed by atoms with E-state index in [-0.39, 0.29) is 12.2 Å². The average molecular weight is 663 g/mol. The van der Waals surface area contributed by atoms with E-state index in [2.05, 4.69) is 30.4 Å². The highest BCUT2D eigenvalue weighted by atomic mass is 19.2. The van der Waals surface area contributed by atoms with Gasteiger partial charge in [-0.15, -0.1) is 20.4 Å². The van der Waals surface area contributed by atoms with Crippen LogP contribution in [0.15, 0.2) is 84.9 Å². The van der Waals surface area contributed by atoms with E-state index >= 15 is 0 Å². The van der Waals surface area contributed by atoms with E-state index in [1.165, 1.54) is 6.07 Å². The number of hydrogen-bond acceptors (Lipinski definition) is 9. The number of aliphatic hydroxyl groups excluding tert-OH is 1. The maximum atomic E-state index is 14.3. The quantitative estimate of drug-likeness (QED) is 0.217. The molecular formula is C35H29F3N10O. The summed E-state index contributed by atoms with van der Waals surface area (Å²) < 4.78 is 45.4. The van der Waals surface area contributed by atoms with Crippen LogP contribution in [0.25, 0.3) is 33.4 Å². The molecule has 0 unspecified atom stereocenters. The second-order valence-corrected chi connectivity index (χ2v) is 11.3. The van der Waals surface area contributed by atoms with Crippen molar-refractivity contribution in [1.82, 2.24) is 39.2 Å². The van der Waals surface area contributed by atoms with E-state index in [4.69, 9.17) is 0 Å². The SMILES string of the molecule is Cc1nnc2nc(N(C)c3ccccc3)c3cc(F)c(CO)cc3n12.Cc1nnc2nc(N(C)c3ccccc3)c3cc(F)c(F)cc3n12. The van der Waals surface area contributed by atoms with Crippen molar-refractivity contribution in [3.05, 3.63) is 120 Å². The molecular weight excluding hydrogens is 633 g/mol. The van der Waals surface area contributed by atoms with Crippen molar-refractivity contribution < 1.29 is 18.3 Å². The van der Waals surface area contributed by atoms with E-state index in [1.807, 2.05) is 91.5 Å². The summed E-state index contributed by atoms with van der Waals surface area (Å²) in [6, 6.07) is 24.5. The number of aryl methyl sites for hydroxylation is 2. The second kappa shape index (κ2) is 12.5. The molecule has 14 heteroatoms. The molecule has 1 N–H and O–H groups in total. The van der Waals surface area contributed by atoms with Crippen LogP contribution in [0.5, 0.6) is 0 Å². The minimum Gasteiger partial charge on any atom is -0.392 e. The van der Waals surface area contributed by atoms with Crippen LogP contribution in [0.3, 0.4) is 0 Å². The van der Waals surface area contributed by atoms with Crippen molar-refractivity contribution in [2.45, 2.75) is 20.5 Å². The molecule has 0 atom stereocenters. The molecule has 0 aliphatic heterocycles. The lowest BCUT2D eigenvalue weighted by atomic mass is 10.1. The molecule has 0 bridgehead atoms. The van der Waals surface area contributed by atoms with Gasteiger partial charge in [0, 0.05) is 47.9 Å². The highest BCUT2D eigenvalue weighted by Gasteiger charge is 2.20. The number of rotatable bonds is 5. The Morgan fingerprint density at radius 2 is 1.02 bits per heavy atom. The summed E-state index contributed by atoms with van der Waals surface area (Å²) in [6.07, 6.45) is 0. The van der Waals surface area contributed by atoms with E-state index in [0.29, 0.717) is 56.6 Å². The molecule has 0 aliphatic rings. The van der Waals surface area contributed by atoms with Gasteiger partial charge in [-0.3, -0.25) is 8.80 Å². The molecule has 49 heavy (non-hydrogen) atoms. The van der Waals surface area contributed by atoms with Gasteiger partial charge >= 0.3 is 0 Å². The molecule has 0 fully saturated rings. The lowest BCUT2D eigenvalue weighted by molar-refractivity contribution is 0.276. The number of anilines is 4. The van der Waals surface area contributed by atoms with E-state index in [9.17, 15) is 18.3 Å². The lowest BCUT2D eigenvalue weighted by Crippen LogP contribution is -2.13. The van der Waals surface area contributed by atoms with Crippen LogP contribution >= 0.6 is 0 Å². The normalized spacial score (nSPS) is 11.3. The second-order valence-electron chi connectivity index (χ2n) is 11.3. The Bertz CT molecular complexity index is 2490. The molecule has 8 aromatic rings. The first-order valence-corrected chi connectivity index (χ1v) is 15.2. The fraction of sp³-hybridized carbons (Fsp3) is 0.143. The zero-order chi connectivity index (χ0) is 34.4. The number of hydrogen-bond donors (Lipinski definition) is 1. The lowest BCUT2D eigenvalue weighted by Gasteiger charge is -2.21. The first kappa shape index (κ1) is 31.4. The standard InChI is InChI=1S/C18H16FN5O.C17H13F2N5/c1-11-21-22-18-20-17(23(2)13-6-4-3-5-7-13)14-9-15(19)12(10-25)8-16(14)24(11)18;1-10-21-22-17-20-16(23(2)11-6-4-3-5-7-11)12-8-13(18)14(19)9-15(12)24(10)17/h3-9,25H,10H2,1-2H3;3-9H,1-2H3. The molecule has 0 saturated carbocycles. The largest absolute Gasteiger partial charge is 0.392 e. The van der Waals surface area contributed by atoms with Crippen molar-refractivity contribution in [3.8, 4) is 0 Å². The maximum absolute atomic E-state index is 14.3. The number of aliphatic hydroxyl groups is 1. The third-order valence-corrected chi connectivity index (χ3v) is 8.29. The van der Waals surface area contributed by atoms with Gasteiger partial charge in [-0.1, -0.05) is 36.4 Å². The summed E-state index contributed by atoms with van der Waals surface area (Å²) in [6.45, 7) is 3.17. The van der Waals surface area contributed by atoms with Crippen LogP contribution in [0.1, 0.15) is 17.2 Å². The molecule has 8 rings (SSSR count). The van der Waals surface area contributed by atoms with Crippen LogP contribution in [0, 0.1) is 31.3 Å². The Balaban J connectivity index is 0.000000154. The number of halogens is 3. The van der Waals surface area contributed by atoms with Gasteiger partial charge in [-0.05, 0) is 56.3 Å². The van der Waals surface area contributed by atoms with E-state index in [1.54, 1.807) is 21.8 Å². The predicted octanol–water partition coefficient (Wildman–Crippen LogP) is 6.62. The van der Waals surface area contributed by atoms with Crippen LogP contribution in [0.2, 0.25) is 0 Å². The first-order chi connectivity index (χ1) is 23.7. The van der Waals surface area contributed by atoms with Crippen LogP contribution < -0.4 is 9.80 Å². The number of fused-ring (bicyclic) bond motifs is 6. The number of nitrogens with zero attached hydrogens (tertiary/aromatic N) is 10. The zero-order valence-corrected chi connectivity index (χ0v) is 26.8. The summed E-state index contributed by atoms with van der Waals surface area (Å²) in [5.74, 6) is 0.721.